The number of amides is 1. The Morgan fingerprint density at radius 1 is 1.29 bits per heavy atom. The summed E-state index contributed by atoms with van der Waals surface area (Å²) in [5.41, 5.74) is 0. The molecule has 114 valence electrons. The van der Waals surface area contributed by atoms with Crippen LogP contribution in [0, 0.1) is 0 Å². The van der Waals surface area contributed by atoms with Gasteiger partial charge in [-0.15, -0.1) is 0 Å². The van der Waals surface area contributed by atoms with Gasteiger partial charge in [0.1, 0.15) is 0 Å². The van der Waals surface area contributed by atoms with Crippen LogP contribution in [0.3, 0.4) is 0 Å². The van der Waals surface area contributed by atoms with Crippen molar-refractivity contribution in [3.05, 3.63) is 18.5 Å². The summed E-state index contributed by atoms with van der Waals surface area (Å²) in [7, 11) is 0. The molecule has 1 N–H and O–H groups in total. The number of aromatic nitrogens is 2. The van der Waals surface area contributed by atoms with E-state index in [2.05, 4.69) is 20.2 Å². The molecule has 1 aromatic heterocycles. The van der Waals surface area contributed by atoms with Crippen LogP contribution in [-0.2, 0) is 4.79 Å². The second-order valence-electron chi connectivity index (χ2n) is 5.35. The molecule has 1 aromatic rings. The van der Waals surface area contributed by atoms with Gasteiger partial charge < -0.3 is 15.1 Å². The van der Waals surface area contributed by atoms with Crippen LogP contribution >= 0.6 is 11.8 Å². The van der Waals surface area contributed by atoms with Crippen LogP contribution < -0.4 is 10.2 Å². The Labute approximate surface area is 129 Å². The summed E-state index contributed by atoms with van der Waals surface area (Å²) in [5.74, 6) is 3.22. The first-order valence-corrected chi connectivity index (χ1v) is 8.59. The molecule has 1 atom stereocenters. The van der Waals surface area contributed by atoms with Gasteiger partial charge >= 0.3 is 0 Å². The maximum absolute atomic E-state index is 12.3. The normalized spacial score (nSPS) is 23.1. The summed E-state index contributed by atoms with van der Waals surface area (Å²) in [6.45, 7) is 4.15. The molecule has 1 amide bonds. The lowest BCUT2D eigenvalue weighted by molar-refractivity contribution is -0.131. The Balaban J connectivity index is 1.47. The van der Waals surface area contributed by atoms with Gasteiger partial charge in [0, 0.05) is 69.1 Å². The summed E-state index contributed by atoms with van der Waals surface area (Å²) in [4.78, 5) is 25.0. The molecule has 6 nitrogen and oxygen atoms in total. The molecular formula is C14H21N5OS. The van der Waals surface area contributed by atoms with E-state index in [0.29, 0.717) is 12.5 Å². The first-order chi connectivity index (χ1) is 10.3. The van der Waals surface area contributed by atoms with Crippen LogP contribution in [0.15, 0.2) is 18.5 Å². The van der Waals surface area contributed by atoms with Crippen molar-refractivity contribution >= 4 is 23.6 Å². The third-order valence-corrected chi connectivity index (χ3v) is 5.02. The Kier molecular flexibility index (Phi) is 4.92. The zero-order valence-electron chi connectivity index (χ0n) is 12.1. The van der Waals surface area contributed by atoms with E-state index < -0.39 is 0 Å². The number of anilines is 1. The van der Waals surface area contributed by atoms with Gasteiger partial charge in [0.05, 0.1) is 0 Å². The summed E-state index contributed by atoms with van der Waals surface area (Å²) in [6, 6.07) is 2.16. The summed E-state index contributed by atoms with van der Waals surface area (Å²) < 4.78 is 0. The topological polar surface area (TPSA) is 61.4 Å². The molecule has 0 radical (unpaired) electrons. The van der Waals surface area contributed by atoms with E-state index in [1.54, 1.807) is 12.4 Å². The van der Waals surface area contributed by atoms with Crippen LogP contribution in [-0.4, -0.2) is 71.0 Å². The Hall–Kier alpha value is -1.34. The smallest absolute Gasteiger partial charge is 0.225 e. The number of thioether (sulfide) groups is 1. The van der Waals surface area contributed by atoms with E-state index in [1.807, 2.05) is 22.7 Å². The third-order valence-electron chi connectivity index (χ3n) is 3.89. The molecule has 2 fully saturated rings. The molecule has 0 saturated carbocycles. The molecule has 2 aliphatic rings. The highest BCUT2D eigenvalue weighted by Gasteiger charge is 2.25. The molecule has 7 heteroatoms. The first kappa shape index (κ1) is 14.6. The van der Waals surface area contributed by atoms with Gasteiger partial charge in [-0.25, -0.2) is 9.97 Å². The molecule has 3 heterocycles. The lowest BCUT2D eigenvalue weighted by Gasteiger charge is -2.35. The zero-order valence-corrected chi connectivity index (χ0v) is 12.9. The molecular weight excluding hydrogens is 286 g/mol. The van der Waals surface area contributed by atoms with Crippen molar-refractivity contribution in [2.45, 2.75) is 12.5 Å². The lowest BCUT2D eigenvalue weighted by Crippen LogP contribution is -2.51. The second-order valence-corrected chi connectivity index (χ2v) is 6.50. The molecule has 3 rings (SSSR count). The first-order valence-electron chi connectivity index (χ1n) is 7.44. The molecule has 1 unspecified atom stereocenters. The average molecular weight is 307 g/mol. The third kappa shape index (κ3) is 3.85. The quantitative estimate of drug-likeness (QED) is 0.862. The number of hydrogen-bond acceptors (Lipinski definition) is 6. The fourth-order valence-corrected chi connectivity index (χ4v) is 3.65. The zero-order chi connectivity index (χ0) is 14.5. The van der Waals surface area contributed by atoms with Gasteiger partial charge in [0.2, 0.25) is 11.9 Å². The Morgan fingerprint density at radius 3 is 2.71 bits per heavy atom. The minimum Gasteiger partial charge on any atom is -0.339 e. The summed E-state index contributed by atoms with van der Waals surface area (Å²) >= 11 is 1.93. The number of hydrogen-bond donors (Lipinski definition) is 1. The van der Waals surface area contributed by atoms with Crippen molar-refractivity contribution in [3.8, 4) is 0 Å². The molecule has 2 saturated heterocycles. The van der Waals surface area contributed by atoms with Gasteiger partial charge in [0.25, 0.3) is 0 Å². The van der Waals surface area contributed by atoms with Crippen molar-refractivity contribution in [2.75, 3.05) is 49.1 Å². The highest BCUT2D eigenvalue weighted by molar-refractivity contribution is 7.99. The van der Waals surface area contributed by atoms with E-state index in [9.17, 15) is 4.79 Å². The standard InChI is InChI=1S/C14H21N5OS/c20-13(10-12-11-21-9-4-15-12)18-5-7-19(8-6-18)14-16-2-1-3-17-14/h1-3,12,15H,4-11H2. The Bertz CT molecular complexity index is 458. The van der Waals surface area contributed by atoms with Crippen LogP contribution in [0.1, 0.15) is 6.42 Å². The van der Waals surface area contributed by atoms with E-state index in [4.69, 9.17) is 0 Å². The maximum atomic E-state index is 12.3. The largest absolute Gasteiger partial charge is 0.339 e. The van der Waals surface area contributed by atoms with Crippen molar-refractivity contribution < 1.29 is 4.79 Å². The van der Waals surface area contributed by atoms with Crippen molar-refractivity contribution in [3.63, 3.8) is 0 Å². The van der Waals surface area contributed by atoms with E-state index >= 15 is 0 Å². The second kappa shape index (κ2) is 7.09. The van der Waals surface area contributed by atoms with E-state index in [1.165, 1.54) is 0 Å². The minimum atomic E-state index is 0.267. The number of rotatable bonds is 3. The van der Waals surface area contributed by atoms with Crippen LogP contribution in [0.25, 0.3) is 0 Å². The molecule has 0 aromatic carbocycles. The Morgan fingerprint density at radius 2 is 2.05 bits per heavy atom. The maximum Gasteiger partial charge on any atom is 0.225 e. The molecule has 0 spiro atoms. The summed E-state index contributed by atoms with van der Waals surface area (Å²) in [6.07, 6.45) is 4.13. The van der Waals surface area contributed by atoms with Crippen LogP contribution in [0.4, 0.5) is 5.95 Å². The fourth-order valence-electron chi connectivity index (χ4n) is 2.70. The van der Waals surface area contributed by atoms with Gasteiger partial charge in [0.15, 0.2) is 0 Å². The highest BCUT2D eigenvalue weighted by Crippen LogP contribution is 2.14. The fraction of sp³-hybridized carbons (Fsp3) is 0.643. The number of nitrogens with one attached hydrogen (secondary N) is 1. The molecule has 0 aliphatic carbocycles. The predicted octanol–water partition coefficient (Wildman–Crippen LogP) is 0.220. The number of carbonyl (C=O) groups excluding carboxylic acids is 1. The number of nitrogens with zero attached hydrogens (tertiary/aromatic N) is 4. The van der Waals surface area contributed by atoms with Gasteiger partial charge in [-0.3, -0.25) is 4.79 Å². The SMILES string of the molecule is O=C(CC1CSCCN1)N1CCN(c2ncccn2)CC1. The van der Waals surface area contributed by atoms with E-state index in [0.717, 1.165) is 50.2 Å². The highest BCUT2D eigenvalue weighted by atomic mass is 32.2. The van der Waals surface area contributed by atoms with Gasteiger partial charge in [-0.2, -0.15) is 11.8 Å². The monoisotopic (exact) mass is 307 g/mol. The van der Waals surface area contributed by atoms with Crippen molar-refractivity contribution in [1.82, 2.24) is 20.2 Å². The van der Waals surface area contributed by atoms with Crippen molar-refractivity contribution in [1.29, 1.82) is 0 Å². The molecule has 21 heavy (non-hydrogen) atoms. The van der Waals surface area contributed by atoms with E-state index in [-0.39, 0.29) is 5.91 Å². The molecule has 0 bridgehead atoms. The van der Waals surface area contributed by atoms with Gasteiger partial charge in [-0.1, -0.05) is 0 Å². The van der Waals surface area contributed by atoms with Crippen molar-refractivity contribution in [2.24, 2.45) is 0 Å². The summed E-state index contributed by atoms with van der Waals surface area (Å²) in [5, 5.41) is 3.42. The lowest BCUT2D eigenvalue weighted by atomic mass is 10.2. The average Bonchev–Trinajstić information content (AvgIpc) is 2.57. The number of piperazine rings is 1. The number of carbonyl (C=O) groups is 1. The van der Waals surface area contributed by atoms with Crippen LogP contribution in [0.2, 0.25) is 0 Å². The minimum absolute atomic E-state index is 0.267. The van der Waals surface area contributed by atoms with Crippen LogP contribution in [0.5, 0.6) is 0 Å². The molecule has 2 aliphatic heterocycles. The predicted molar refractivity (Wildman–Crippen MR) is 84.6 cm³/mol. The van der Waals surface area contributed by atoms with Gasteiger partial charge in [-0.05, 0) is 6.07 Å².